The number of thioether (sulfide) groups is 1. The molecular formula is C21H23ClN4OS. The Bertz CT molecular complexity index is 938. The Kier molecular flexibility index (Phi) is 6.75. The highest BCUT2D eigenvalue weighted by atomic mass is 35.5. The Morgan fingerprint density at radius 2 is 1.82 bits per heavy atom. The third-order valence-electron chi connectivity index (χ3n) is 4.65. The van der Waals surface area contributed by atoms with E-state index in [4.69, 9.17) is 11.6 Å². The van der Waals surface area contributed by atoms with Crippen LogP contribution in [0.5, 0.6) is 0 Å². The van der Waals surface area contributed by atoms with E-state index >= 15 is 0 Å². The van der Waals surface area contributed by atoms with Gasteiger partial charge in [-0.25, -0.2) is 0 Å². The van der Waals surface area contributed by atoms with Gasteiger partial charge in [0.15, 0.2) is 11.0 Å². The van der Waals surface area contributed by atoms with E-state index in [1.165, 1.54) is 17.3 Å². The standard InChI is InChI=1S/C21H23ClN4OS/c1-4-14(2)15-7-11-18(12-8-15)23-19(27)13-28-21-25-24-20(26(21)3)16-5-9-17(22)10-6-16/h5-12,14H,4,13H2,1-3H3,(H,23,27)/t14-/m0/s1. The van der Waals surface area contributed by atoms with Crippen LogP contribution >= 0.6 is 23.4 Å². The molecule has 28 heavy (non-hydrogen) atoms. The number of halogens is 1. The topological polar surface area (TPSA) is 59.8 Å². The molecule has 0 aliphatic carbocycles. The lowest BCUT2D eigenvalue weighted by molar-refractivity contribution is -0.113. The van der Waals surface area contributed by atoms with Crippen molar-refractivity contribution >= 4 is 35.0 Å². The van der Waals surface area contributed by atoms with Crippen molar-refractivity contribution in [3.05, 3.63) is 59.1 Å². The molecule has 0 spiro atoms. The summed E-state index contributed by atoms with van der Waals surface area (Å²) in [5.41, 5.74) is 3.01. The average Bonchev–Trinajstić information content (AvgIpc) is 3.07. The molecule has 1 aromatic heterocycles. The molecule has 1 heterocycles. The van der Waals surface area contributed by atoms with E-state index in [1.807, 2.05) is 48.0 Å². The van der Waals surface area contributed by atoms with Gasteiger partial charge in [-0.2, -0.15) is 0 Å². The van der Waals surface area contributed by atoms with E-state index in [0.717, 1.165) is 23.5 Å². The van der Waals surface area contributed by atoms with Gasteiger partial charge in [0.2, 0.25) is 5.91 Å². The second-order valence-corrected chi connectivity index (χ2v) is 8.02. The molecule has 0 bridgehead atoms. The maximum Gasteiger partial charge on any atom is 0.234 e. The van der Waals surface area contributed by atoms with Crippen LogP contribution in [0.4, 0.5) is 5.69 Å². The largest absolute Gasteiger partial charge is 0.325 e. The Hall–Kier alpha value is -2.31. The number of anilines is 1. The molecule has 1 N–H and O–H groups in total. The summed E-state index contributed by atoms with van der Waals surface area (Å²) in [4.78, 5) is 12.3. The van der Waals surface area contributed by atoms with Crippen molar-refractivity contribution < 1.29 is 4.79 Å². The molecule has 1 amide bonds. The van der Waals surface area contributed by atoms with Gasteiger partial charge in [0.25, 0.3) is 0 Å². The third kappa shape index (κ3) is 4.94. The van der Waals surface area contributed by atoms with Crippen LogP contribution in [0.2, 0.25) is 5.02 Å². The third-order valence-corrected chi connectivity index (χ3v) is 5.92. The monoisotopic (exact) mass is 414 g/mol. The van der Waals surface area contributed by atoms with E-state index in [-0.39, 0.29) is 11.7 Å². The predicted molar refractivity (Wildman–Crippen MR) is 116 cm³/mol. The first kappa shape index (κ1) is 20.4. The number of amides is 1. The number of nitrogens with zero attached hydrogens (tertiary/aromatic N) is 3. The molecule has 0 saturated heterocycles. The highest BCUT2D eigenvalue weighted by Gasteiger charge is 2.13. The van der Waals surface area contributed by atoms with Crippen LogP contribution in [0.3, 0.4) is 0 Å². The smallest absolute Gasteiger partial charge is 0.234 e. The summed E-state index contributed by atoms with van der Waals surface area (Å²) in [6.07, 6.45) is 1.10. The first-order chi connectivity index (χ1) is 13.5. The SMILES string of the molecule is CC[C@H](C)c1ccc(NC(=O)CSc2nnc(-c3ccc(Cl)cc3)n2C)cc1. The fraction of sp³-hybridized carbons (Fsp3) is 0.286. The lowest BCUT2D eigenvalue weighted by Gasteiger charge is -2.10. The van der Waals surface area contributed by atoms with Crippen LogP contribution in [0.1, 0.15) is 31.7 Å². The fourth-order valence-electron chi connectivity index (χ4n) is 2.75. The lowest BCUT2D eigenvalue weighted by Crippen LogP contribution is -2.14. The van der Waals surface area contributed by atoms with Gasteiger partial charge in [-0.1, -0.05) is 49.3 Å². The van der Waals surface area contributed by atoms with Crippen molar-refractivity contribution in [3.63, 3.8) is 0 Å². The first-order valence-corrected chi connectivity index (χ1v) is 10.5. The minimum absolute atomic E-state index is 0.0719. The van der Waals surface area contributed by atoms with Crippen LogP contribution in [0.15, 0.2) is 53.7 Å². The summed E-state index contributed by atoms with van der Waals surface area (Å²) in [5.74, 6) is 1.45. The van der Waals surface area contributed by atoms with Gasteiger partial charge < -0.3 is 9.88 Å². The number of nitrogens with one attached hydrogen (secondary N) is 1. The van der Waals surface area contributed by atoms with Crippen molar-refractivity contribution in [3.8, 4) is 11.4 Å². The lowest BCUT2D eigenvalue weighted by atomic mass is 9.99. The molecular weight excluding hydrogens is 392 g/mol. The number of hydrogen-bond acceptors (Lipinski definition) is 4. The summed E-state index contributed by atoms with van der Waals surface area (Å²) in [7, 11) is 1.89. The Morgan fingerprint density at radius 3 is 2.46 bits per heavy atom. The molecule has 2 aromatic carbocycles. The zero-order valence-electron chi connectivity index (χ0n) is 16.1. The molecule has 0 radical (unpaired) electrons. The minimum Gasteiger partial charge on any atom is -0.325 e. The van der Waals surface area contributed by atoms with E-state index in [0.29, 0.717) is 16.1 Å². The summed E-state index contributed by atoms with van der Waals surface area (Å²) >= 11 is 7.29. The Balaban J connectivity index is 1.58. The normalized spacial score (nSPS) is 12.0. The van der Waals surface area contributed by atoms with Crippen molar-refractivity contribution in [2.24, 2.45) is 7.05 Å². The van der Waals surface area contributed by atoms with Crippen LogP contribution in [-0.2, 0) is 11.8 Å². The van der Waals surface area contributed by atoms with Gasteiger partial charge in [-0.3, -0.25) is 4.79 Å². The van der Waals surface area contributed by atoms with Crippen molar-refractivity contribution in [1.29, 1.82) is 0 Å². The quantitative estimate of drug-likeness (QED) is 0.527. The van der Waals surface area contributed by atoms with E-state index in [1.54, 1.807) is 0 Å². The molecule has 146 valence electrons. The van der Waals surface area contributed by atoms with Crippen LogP contribution in [0.25, 0.3) is 11.4 Å². The highest BCUT2D eigenvalue weighted by Crippen LogP contribution is 2.24. The summed E-state index contributed by atoms with van der Waals surface area (Å²) < 4.78 is 1.88. The van der Waals surface area contributed by atoms with Crippen molar-refractivity contribution in [1.82, 2.24) is 14.8 Å². The van der Waals surface area contributed by atoms with E-state index < -0.39 is 0 Å². The zero-order valence-corrected chi connectivity index (χ0v) is 17.7. The van der Waals surface area contributed by atoms with Crippen LogP contribution in [0, 0.1) is 0 Å². The number of carbonyl (C=O) groups is 1. The Labute approximate surface area is 174 Å². The van der Waals surface area contributed by atoms with Gasteiger partial charge >= 0.3 is 0 Å². The average molecular weight is 415 g/mol. The number of benzene rings is 2. The van der Waals surface area contributed by atoms with Crippen LogP contribution < -0.4 is 5.32 Å². The summed E-state index contributed by atoms with van der Waals surface area (Å²) in [5, 5.41) is 12.7. The zero-order chi connectivity index (χ0) is 20.1. The molecule has 5 nitrogen and oxygen atoms in total. The molecule has 0 aliphatic heterocycles. The van der Waals surface area contributed by atoms with Gasteiger partial charge in [0.05, 0.1) is 5.75 Å². The molecule has 7 heteroatoms. The van der Waals surface area contributed by atoms with E-state index in [9.17, 15) is 4.79 Å². The second-order valence-electron chi connectivity index (χ2n) is 6.64. The maximum atomic E-state index is 12.3. The molecule has 0 unspecified atom stereocenters. The molecule has 0 fully saturated rings. The van der Waals surface area contributed by atoms with Gasteiger partial charge in [0.1, 0.15) is 0 Å². The van der Waals surface area contributed by atoms with E-state index in [2.05, 4.69) is 41.5 Å². The van der Waals surface area contributed by atoms with Crippen LogP contribution in [-0.4, -0.2) is 26.4 Å². The van der Waals surface area contributed by atoms with Gasteiger partial charge in [-0.05, 0) is 54.3 Å². The fourth-order valence-corrected chi connectivity index (χ4v) is 3.59. The summed E-state index contributed by atoms with van der Waals surface area (Å²) in [6, 6.07) is 15.5. The minimum atomic E-state index is -0.0719. The molecule has 0 aliphatic rings. The van der Waals surface area contributed by atoms with Crippen molar-refractivity contribution in [2.45, 2.75) is 31.3 Å². The molecule has 3 aromatic rings. The maximum absolute atomic E-state index is 12.3. The number of aromatic nitrogens is 3. The van der Waals surface area contributed by atoms with Crippen molar-refractivity contribution in [2.75, 3.05) is 11.1 Å². The number of carbonyl (C=O) groups excluding carboxylic acids is 1. The predicted octanol–water partition coefficient (Wildman–Crippen LogP) is 5.38. The Morgan fingerprint density at radius 1 is 1.14 bits per heavy atom. The highest BCUT2D eigenvalue weighted by molar-refractivity contribution is 7.99. The van der Waals surface area contributed by atoms with Gasteiger partial charge in [-0.15, -0.1) is 10.2 Å². The molecule has 0 saturated carbocycles. The molecule has 1 atom stereocenters. The summed E-state index contributed by atoms with van der Waals surface area (Å²) in [6.45, 7) is 4.37. The second kappa shape index (κ2) is 9.26. The number of rotatable bonds is 7. The first-order valence-electron chi connectivity index (χ1n) is 9.16. The van der Waals surface area contributed by atoms with Gasteiger partial charge in [0, 0.05) is 23.3 Å². The number of hydrogen-bond donors (Lipinski definition) is 1. The molecule has 3 rings (SSSR count).